The fourth-order valence-corrected chi connectivity index (χ4v) is 0.628. The molecule has 3 heteroatoms. The summed E-state index contributed by atoms with van der Waals surface area (Å²) in [5.74, 6) is -0.144. The van der Waals surface area contributed by atoms with Crippen molar-refractivity contribution in [3.05, 3.63) is 42.5 Å². The fraction of sp³-hybridized carbons (Fsp3) is 0.100. The lowest BCUT2D eigenvalue weighted by Crippen LogP contribution is -2.04. The number of carbonyl (C=O) groups is 1. The van der Waals surface area contributed by atoms with Gasteiger partial charge in [-0.3, -0.25) is 4.79 Å². The van der Waals surface area contributed by atoms with Crippen LogP contribution in [-0.4, -0.2) is 11.0 Å². The Balaban J connectivity index is 0.000000252. The minimum atomic E-state index is -0.481. The first-order valence-corrected chi connectivity index (χ1v) is 3.73. The van der Waals surface area contributed by atoms with Gasteiger partial charge in [-0.2, -0.15) is 0 Å². The Bertz CT molecular complexity index is 277. The summed E-state index contributed by atoms with van der Waals surface area (Å²) in [6, 6.07) is 7.15. The predicted octanol–water partition coefficient (Wildman–Crippen LogP) is 1.36. The van der Waals surface area contributed by atoms with Gasteiger partial charge in [-0.25, -0.2) is 0 Å². The highest BCUT2D eigenvalue weighted by molar-refractivity contribution is 5.84. The molecule has 0 radical (unpaired) electrons. The molecule has 3 nitrogen and oxygen atoms in total. The van der Waals surface area contributed by atoms with E-state index in [0.29, 0.717) is 5.75 Å². The van der Waals surface area contributed by atoms with Crippen LogP contribution in [0.4, 0.5) is 0 Å². The molecule has 0 fully saturated rings. The first kappa shape index (κ1) is 11.2. The molecule has 1 aromatic rings. The van der Waals surface area contributed by atoms with Crippen molar-refractivity contribution in [3.8, 4) is 5.75 Å². The number of benzene rings is 1. The number of nitrogens with two attached hydrogens (primary N) is 1. The van der Waals surface area contributed by atoms with Gasteiger partial charge in [-0.1, -0.05) is 18.7 Å². The smallest absolute Gasteiger partial charge is 0.240 e. The van der Waals surface area contributed by atoms with Crippen LogP contribution in [0.1, 0.15) is 5.56 Å². The van der Waals surface area contributed by atoms with Crippen molar-refractivity contribution in [2.75, 3.05) is 0 Å². The lowest BCUT2D eigenvalue weighted by atomic mass is 10.2. The van der Waals surface area contributed by atoms with Crippen molar-refractivity contribution in [2.24, 2.45) is 5.73 Å². The van der Waals surface area contributed by atoms with E-state index in [1.807, 2.05) is 19.1 Å². The van der Waals surface area contributed by atoms with E-state index in [2.05, 4.69) is 12.3 Å². The van der Waals surface area contributed by atoms with Crippen molar-refractivity contribution in [1.82, 2.24) is 0 Å². The fourth-order valence-electron chi connectivity index (χ4n) is 0.628. The Kier molecular flexibility index (Phi) is 5.03. The summed E-state index contributed by atoms with van der Waals surface area (Å²) in [6.45, 7) is 5.03. The van der Waals surface area contributed by atoms with E-state index < -0.39 is 5.91 Å². The zero-order valence-electron chi connectivity index (χ0n) is 7.53. The van der Waals surface area contributed by atoms with Crippen molar-refractivity contribution in [3.63, 3.8) is 0 Å². The average molecular weight is 179 g/mol. The van der Waals surface area contributed by atoms with Gasteiger partial charge in [0, 0.05) is 0 Å². The van der Waals surface area contributed by atoms with Gasteiger partial charge in [0.1, 0.15) is 5.75 Å². The quantitative estimate of drug-likeness (QED) is 0.639. The van der Waals surface area contributed by atoms with Crippen LogP contribution in [0.3, 0.4) is 0 Å². The first-order valence-electron chi connectivity index (χ1n) is 3.73. The molecule has 0 spiro atoms. The van der Waals surface area contributed by atoms with Crippen molar-refractivity contribution < 1.29 is 9.90 Å². The Morgan fingerprint density at radius 2 is 2.15 bits per heavy atom. The Morgan fingerprint density at radius 3 is 2.38 bits per heavy atom. The average Bonchev–Trinajstić information content (AvgIpc) is 2.05. The highest BCUT2D eigenvalue weighted by atomic mass is 16.3. The van der Waals surface area contributed by atoms with E-state index in [-0.39, 0.29) is 0 Å². The van der Waals surface area contributed by atoms with Gasteiger partial charge in [0.2, 0.25) is 5.91 Å². The van der Waals surface area contributed by atoms with E-state index in [0.717, 1.165) is 11.6 Å². The summed E-state index contributed by atoms with van der Waals surface area (Å²) in [5.41, 5.74) is 5.62. The molecular weight excluding hydrogens is 166 g/mol. The lowest BCUT2D eigenvalue weighted by molar-refractivity contribution is -0.113. The minimum absolute atomic E-state index is 0.338. The molecule has 1 rings (SSSR count). The van der Waals surface area contributed by atoms with Crippen LogP contribution in [0.5, 0.6) is 5.75 Å². The number of phenolic OH excluding ortho intramolecular Hbond substituents is 1. The molecule has 0 bridgehead atoms. The standard InChI is InChI=1S/C7H8O.C3H5NO/c1-6-3-2-4-7(8)5-6;1-2-3(4)5/h2-5,8H,1H3;2H,1H2,(H2,4,5). The number of aromatic hydroxyl groups is 1. The van der Waals surface area contributed by atoms with Crippen LogP contribution < -0.4 is 5.73 Å². The summed E-state index contributed by atoms with van der Waals surface area (Å²) in [5, 5.41) is 8.81. The number of phenols is 1. The predicted molar refractivity (Wildman–Crippen MR) is 52.2 cm³/mol. The normalized spacial score (nSPS) is 8.08. The minimum Gasteiger partial charge on any atom is -0.508 e. The SMILES string of the molecule is C=CC(N)=O.Cc1cccc(O)c1. The van der Waals surface area contributed by atoms with Gasteiger partial charge in [0.25, 0.3) is 0 Å². The van der Waals surface area contributed by atoms with E-state index in [9.17, 15) is 4.79 Å². The second-order valence-corrected chi connectivity index (χ2v) is 2.45. The number of amides is 1. The van der Waals surface area contributed by atoms with Crippen LogP contribution in [0.2, 0.25) is 0 Å². The molecule has 0 aliphatic carbocycles. The number of rotatable bonds is 1. The molecule has 0 saturated heterocycles. The second kappa shape index (κ2) is 5.83. The molecule has 0 aromatic heterocycles. The maximum absolute atomic E-state index is 9.47. The molecule has 0 atom stereocenters. The molecule has 13 heavy (non-hydrogen) atoms. The molecule has 0 heterocycles. The van der Waals surface area contributed by atoms with Crippen LogP contribution in [0.25, 0.3) is 0 Å². The third kappa shape index (κ3) is 6.62. The number of carbonyl (C=O) groups excluding carboxylic acids is 1. The second-order valence-electron chi connectivity index (χ2n) is 2.45. The summed E-state index contributed by atoms with van der Waals surface area (Å²) in [7, 11) is 0. The topological polar surface area (TPSA) is 63.3 Å². The summed E-state index contributed by atoms with van der Waals surface area (Å²) < 4.78 is 0. The monoisotopic (exact) mass is 179 g/mol. The zero-order valence-corrected chi connectivity index (χ0v) is 7.53. The van der Waals surface area contributed by atoms with Crippen LogP contribution in [-0.2, 0) is 4.79 Å². The van der Waals surface area contributed by atoms with Gasteiger partial charge < -0.3 is 10.8 Å². The number of primary amides is 1. The summed E-state index contributed by atoms with van der Waals surface area (Å²) in [4.78, 5) is 9.47. The van der Waals surface area contributed by atoms with Gasteiger partial charge in [0.05, 0.1) is 0 Å². The van der Waals surface area contributed by atoms with E-state index in [4.69, 9.17) is 5.11 Å². The van der Waals surface area contributed by atoms with E-state index >= 15 is 0 Å². The van der Waals surface area contributed by atoms with Crippen LogP contribution >= 0.6 is 0 Å². The number of aryl methyl sites for hydroxylation is 1. The Labute approximate surface area is 77.5 Å². The zero-order chi connectivity index (χ0) is 10.3. The van der Waals surface area contributed by atoms with Crippen molar-refractivity contribution in [2.45, 2.75) is 6.92 Å². The van der Waals surface area contributed by atoms with E-state index in [1.165, 1.54) is 0 Å². The molecule has 1 amide bonds. The highest BCUT2D eigenvalue weighted by Crippen LogP contribution is 2.08. The molecule has 0 aliphatic rings. The molecule has 0 saturated carbocycles. The molecule has 70 valence electrons. The Morgan fingerprint density at radius 1 is 1.62 bits per heavy atom. The summed E-state index contributed by atoms with van der Waals surface area (Å²) >= 11 is 0. The first-order chi connectivity index (χ1) is 6.06. The third-order valence-corrected chi connectivity index (χ3v) is 1.20. The maximum atomic E-state index is 9.47. The van der Waals surface area contributed by atoms with Gasteiger partial charge in [0.15, 0.2) is 0 Å². The van der Waals surface area contributed by atoms with Crippen molar-refractivity contribution in [1.29, 1.82) is 0 Å². The molecular formula is C10H13NO2. The third-order valence-electron chi connectivity index (χ3n) is 1.20. The van der Waals surface area contributed by atoms with E-state index in [1.54, 1.807) is 12.1 Å². The van der Waals surface area contributed by atoms with Gasteiger partial charge >= 0.3 is 0 Å². The number of hydrogen-bond acceptors (Lipinski definition) is 2. The van der Waals surface area contributed by atoms with Crippen molar-refractivity contribution >= 4 is 5.91 Å². The highest BCUT2D eigenvalue weighted by Gasteiger charge is 1.83. The molecule has 3 N–H and O–H groups in total. The lowest BCUT2D eigenvalue weighted by Gasteiger charge is -1.89. The molecule has 0 aliphatic heterocycles. The Hall–Kier alpha value is -1.77. The number of hydrogen-bond donors (Lipinski definition) is 2. The largest absolute Gasteiger partial charge is 0.508 e. The van der Waals surface area contributed by atoms with Gasteiger partial charge in [-0.15, -0.1) is 0 Å². The van der Waals surface area contributed by atoms with Crippen LogP contribution in [0, 0.1) is 6.92 Å². The maximum Gasteiger partial charge on any atom is 0.240 e. The van der Waals surface area contributed by atoms with Gasteiger partial charge in [-0.05, 0) is 30.7 Å². The molecule has 1 aromatic carbocycles. The molecule has 0 unspecified atom stereocenters. The van der Waals surface area contributed by atoms with Crippen LogP contribution in [0.15, 0.2) is 36.9 Å². The summed E-state index contributed by atoms with van der Waals surface area (Å²) in [6.07, 6.45) is 1.06.